The lowest BCUT2D eigenvalue weighted by Gasteiger charge is -2.33. The Balaban J connectivity index is 1.56. The highest BCUT2D eigenvalue weighted by Crippen LogP contribution is 2.43. The van der Waals surface area contributed by atoms with Gasteiger partial charge in [0.25, 0.3) is 0 Å². The van der Waals surface area contributed by atoms with Gasteiger partial charge in [-0.1, -0.05) is 71.7 Å². The lowest BCUT2D eigenvalue weighted by molar-refractivity contribution is 0.239. The fraction of sp³-hybridized carbons (Fsp3) is 0.267. The molecule has 0 radical (unpaired) electrons. The van der Waals surface area contributed by atoms with Crippen LogP contribution in [0.5, 0.6) is 0 Å². The van der Waals surface area contributed by atoms with Crippen LogP contribution in [0.1, 0.15) is 47.1 Å². The fourth-order valence-electron chi connectivity index (χ4n) is 5.16. The zero-order valence-electron chi connectivity index (χ0n) is 19.5. The smallest absolute Gasteiger partial charge is 0.131 e. The second kappa shape index (κ2) is 10.7. The third-order valence-corrected chi connectivity index (χ3v) is 7.36. The molecule has 1 aliphatic heterocycles. The first kappa shape index (κ1) is 24.2. The summed E-state index contributed by atoms with van der Waals surface area (Å²) in [7, 11) is 0. The second-order valence-corrected chi connectivity index (χ2v) is 10.1. The molecule has 0 aromatic heterocycles. The first-order valence-electron chi connectivity index (χ1n) is 12.1. The van der Waals surface area contributed by atoms with Crippen molar-refractivity contribution in [2.75, 3.05) is 26.3 Å². The van der Waals surface area contributed by atoms with Crippen LogP contribution in [0.2, 0.25) is 10.0 Å². The van der Waals surface area contributed by atoms with Crippen LogP contribution in [0.4, 0.5) is 8.78 Å². The summed E-state index contributed by atoms with van der Waals surface area (Å²) in [4.78, 5) is 2.20. The van der Waals surface area contributed by atoms with Crippen LogP contribution in [-0.2, 0) is 6.42 Å². The van der Waals surface area contributed by atoms with Gasteiger partial charge < -0.3 is 0 Å². The van der Waals surface area contributed by atoms with Crippen LogP contribution in [0.25, 0.3) is 17.2 Å². The molecule has 5 rings (SSSR count). The first-order valence-corrected chi connectivity index (χ1v) is 12.8. The Morgan fingerprint density at radius 3 is 2.46 bits per heavy atom. The molecule has 1 saturated heterocycles. The van der Waals surface area contributed by atoms with Crippen LogP contribution in [-0.4, -0.2) is 31.2 Å². The Morgan fingerprint density at radius 1 is 0.886 bits per heavy atom. The average Bonchev–Trinajstić information content (AvgIpc) is 3.00. The Kier molecular flexibility index (Phi) is 7.38. The average molecular weight is 510 g/mol. The van der Waals surface area contributed by atoms with Gasteiger partial charge in [-0.25, -0.2) is 4.39 Å². The Morgan fingerprint density at radius 2 is 1.69 bits per heavy atom. The van der Waals surface area contributed by atoms with E-state index in [-0.39, 0.29) is 12.5 Å². The Bertz CT molecular complexity index is 1300. The van der Waals surface area contributed by atoms with E-state index in [0.717, 1.165) is 66.7 Å². The van der Waals surface area contributed by atoms with Crippen molar-refractivity contribution in [2.45, 2.75) is 25.7 Å². The highest BCUT2D eigenvalue weighted by molar-refractivity contribution is 6.36. The van der Waals surface area contributed by atoms with E-state index >= 15 is 4.39 Å². The van der Waals surface area contributed by atoms with E-state index in [0.29, 0.717) is 22.0 Å². The van der Waals surface area contributed by atoms with Crippen molar-refractivity contribution in [3.05, 3.63) is 110 Å². The lowest BCUT2D eigenvalue weighted by Crippen LogP contribution is -2.40. The summed E-state index contributed by atoms with van der Waals surface area (Å²) in [5.41, 5.74) is 7.79. The van der Waals surface area contributed by atoms with Crippen LogP contribution in [0.3, 0.4) is 0 Å². The molecule has 1 heterocycles. The van der Waals surface area contributed by atoms with Gasteiger partial charge in [-0.05, 0) is 82.9 Å². The third-order valence-electron chi connectivity index (χ3n) is 6.81. The van der Waals surface area contributed by atoms with Gasteiger partial charge in [0.2, 0.25) is 0 Å². The van der Waals surface area contributed by atoms with Crippen molar-refractivity contribution in [3.8, 4) is 0 Å². The van der Waals surface area contributed by atoms with Crippen molar-refractivity contribution in [3.63, 3.8) is 0 Å². The van der Waals surface area contributed by atoms with Gasteiger partial charge in [0.05, 0.1) is 6.67 Å². The maximum Gasteiger partial charge on any atom is 0.131 e. The van der Waals surface area contributed by atoms with Crippen molar-refractivity contribution in [1.29, 1.82) is 0 Å². The number of nitrogens with zero attached hydrogens (tertiary/aromatic N) is 1. The molecule has 1 fully saturated rings. The van der Waals surface area contributed by atoms with Crippen LogP contribution in [0, 0.1) is 5.82 Å². The maximum absolute atomic E-state index is 15.8. The third kappa shape index (κ3) is 5.23. The summed E-state index contributed by atoms with van der Waals surface area (Å²) in [6, 6.07) is 19.3. The first-order chi connectivity index (χ1) is 17.0. The van der Waals surface area contributed by atoms with Gasteiger partial charge in [0.1, 0.15) is 5.82 Å². The summed E-state index contributed by atoms with van der Waals surface area (Å²) in [5.74, 6) is -0.248. The van der Waals surface area contributed by atoms with Gasteiger partial charge in [0, 0.05) is 35.2 Å². The molecule has 1 aliphatic carbocycles. The zero-order chi connectivity index (χ0) is 24.4. The number of rotatable bonds is 6. The summed E-state index contributed by atoms with van der Waals surface area (Å²) < 4.78 is 28.1. The van der Waals surface area contributed by atoms with Crippen LogP contribution in [0.15, 0.2) is 66.2 Å². The van der Waals surface area contributed by atoms with E-state index in [1.165, 1.54) is 11.1 Å². The molecule has 35 heavy (non-hydrogen) atoms. The monoisotopic (exact) mass is 509 g/mol. The maximum atomic E-state index is 15.8. The van der Waals surface area contributed by atoms with E-state index in [2.05, 4.69) is 17.0 Å². The number of allylic oxidation sites excluding steroid dienone is 1. The number of halogens is 4. The fourth-order valence-corrected chi connectivity index (χ4v) is 5.68. The zero-order valence-corrected chi connectivity index (χ0v) is 21.0. The molecule has 0 amide bonds. The molecule has 1 nitrogen and oxygen atoms in total. The minimum atomic E-state index is -0.287. The van der Waals surface area contributed by atoms with Crippen molar-refractivity contribution >= 4 is 40.4 Å². The van der Waals surface area contributed by atoms with Crippen LogP contribution >= 0.6 is 23.2 Å². The molecular weight excluding hydrogens is 483 g/mol. The number of alkyl halides is 1. The lowest BCUT2D eigenvalue weighted by atomic mass is 9.87. The van der Waals surface area contributed by atoms with Gasteiger partial charge in [-0.15, -0.1) is 0 Å². The SMILES string of the molecule is FCCCN1CC(=Cc2ccc(C3=C(c4ccc(Cl)cc4Cl)CCCc4ccccc43)c(F)c2)C1. The molecule has 0 bridgehead atoms. The quantitative estimate of drug-likeness (QED) is 0.322. The highest BCUT2D eigenvalue weighted by atomic mass is 35.5. The van der Waals surface area contributed by atoms with E-state index in [1.807, 2.05) is 42.5 Å². The molecule has 0 saturated carbocycles. The molecule has 0 N–H and O–H groups in total. The Labute approximate surface area is 215 Å². The molecule has 0 spiro atoms. The summed E-state index contributed by atoms with van der Waals surface area (Å²) in [6.45, 7) is 2.12. The van der Waals surface area contributed by atoms with E-state index < -0.39 is 0 Å². The number of hydrogen-bond acceptors (Lipinski definition) is 1. The Hall–Kier alpha value is -2.46. The van der Waals surface area contributed by atoms with Crippen molar-refractivity contribution in [2.24, 2.45) is 0 Å². The normalized spacial score (nSPS) is 16.1. The molecule has 0 unspecified atom stereocenters. The topological polar surface area (TPSA) is 3.24 Å². The van der Waals surface area contributed by atoms with Gasteiger partial charge in [-0.2, -0.15) is 0 Å². The summed E-state index contributed by atoms with van der Waals surface area (Å²) in [6.07, 6.45) is 5.29. The number of hydrogen-bond donors (Lipinski definition) is 0. The predicted octanol–water partition coefficient (Wildman–Crippen LogP) is 8.49. The van der Waals surface area contributed by atoms with Crippen molar-refractivity contribution < 1.29 is 8.78 Å². The molecule has 2 aliphatic rings. The second-order valence-electron chi connectivity index (χ2n) is 9.28. The number of fused-ring (bicyclic) bond motifs is 1. The predicted molar refractivity (Wildman–Crippen MR) is 143 cm³/mol. The van der Waals surface area contributed by atoms with E-state index in [9.17, 15) is 4.39 Å². The molecule has 3 aromatic carbocycles. The summed E-state index contributed by atoms with van der Waals surface area (Å²) in [5, 5.41) is 1.16. The van der Waals surface area contributed by atoms with Gasteiger partial charge >= 0.3 is 0 Å². The van der Waals surface area contributed by atoms with E-state index in [4.69, 9.17) is 23.2 Å². The largest absolute Gasteiger partial charge is 0.295 e. The number of benzene rings is 3. The van der Waals surface area contributed by atoms with E-state index in [1.54, 1.807) is 12.1 Å². The molecular formula is C30H27Cl2F2N. The standard InChI is InChI=1S/C30H27Cl2F2N/c31-23-10-12-25(28(32)17-23)26-8-3-6-22-5-1-2-7-24(22)30(26)27-11-9-20(16-29(27)34)15-21-18-35(19-21)14-4-13-33/h1-2,5,7,9-12,15-17H,3-4,6,8,13-14,18-19H2. The number of aryl methyl sites for hydroxylation is 1. The minimum absolute atomic E-state index is 0.248. The minimum Gasteiger partial charge on any atom is -0.295 e. The highest BCUT2D eigenvalue weighted by Gasteiger charge is 2.24. The number of likely N-dealkylation sites (tertiary alicyclic amines) is 1. The molecule has 0 atom stereocenters. The summed E-state index contributed by atoms with van der Waals surface area (Å²) >= 11 is 12.8. The van der Waals surface area contributed by atoms with Crippen LogP contribution < -0.4 is 0 Å². The molecule has 3 aromatic rings. The molecule has 5 heteroatoms. The van der Waals surface area contributed by atoms with Gasteiger partial charge in [-0.3, -0.25) is 9.29 Å². The van der Waals surface area contributed by atoms with Gasteiger partial charge in [0.15, 0.2) is 0 Å². The van der Waals surface area contributed by atoms with Crippen molar-refractivity contribution in [1.82, 2.24) is 4.90 Å². The molecule has 180 valence electrons.